The van der Waals surface area contributed by atoms with Gasteiger partial charge in [-0.15, -0.1) is 15.5 Å². The molecule has 0 bridgehead atoms. The monoisotopic (exact) mass is 744 g/mol. The fourth-order valence-electron chi connectivity index (χ4n) is 7.28. The van der Waals surface area contributed by atoms with Crippen LogP contribution in [0.5, 0.6) is 5.75 Å². The van der Waals surface area contributed by atoms with Crippen LogP contribution in [0.3, 0.4) is 0 Å². The molecule has 2 amide bonds. The van der Waals surface area contributed by atoms with Gasteiger partial charge in [-0.3, -0.25) is 0 Å². The number of hydrogen-bond donors (Lipinski definition) is 3. The third-order valence-electron chi connectivity index (χ3n) is 9.62. The van der Waals surface area contributed by atoms with Gasteiger partial charge < -0.3 is 10.1 Å². The molecule has 16 heteroatoms. The van der Waals surface area contributed by atoms with Crippen molar-refractivity contribution in [1.82, 2.24) is 25.1 Å². The highest BCUT2D eigenvalue weighted by molar-refractivity contribution is 7.90. The summed E-state index contributed by atoms with van der Waals surface area (Å²) in [5.74, 6) is 0.903. The molecule has 4 aliphatic rings. The van der Waals surface area contributed by atoms with E-state index in [0.717, 1.165) is 86.8 Å². The predicted molar refractivity (Wildman–Crippen MR) is 191 cm³/mol. The molecule has 0 radical (unpaired) electrons. The molecule has 4 N–H and O–H groups in total. The number of nitrogens with one attached hydrogen (secondary N) is 2. The fraction of sp³-hybridized carbons (Fsp3) is 0.389. The van der Waals surface area contributed by atoms with E-state index in [1.165, 1.54) is 70.5 Å². The van der Waals surface area contributed by atoms with Crippen LogP contribution in [0.25, 0.3) is 0 Å². The van der Waals surface area contributed by atoms with Crippen molar-refractivity contribution in [2.45, 2.75) is 101 Å². The first-order valence-electron chi connectivity index (χ1n) is 17.2. The molecular weight excluding hydrogens is 705 g/mol. The van der Waals surface area contributed by atoms with Crippen molar-refractivity contribution in [2.24, 2.45) is 5.14 Å². The van der Waals surface area contributed by atoms with Crippen LogP contribution in [0.2, 0.25) is 0 Å². The van der Waals surface area contributed by atoms with Crippen LogP contribution in [0.15, 0.2) is 46.5 Å². The summed E-state index contributed by atoms with van der Waals surface area (Å²) in [5.41, 5.74) is 12.3. The van der Waals surface area contributed by atoms with Gasteiger partial charge in [-0.25, -0.2) is 23.1 Å². The molecule has 2 aromatic heterocycles. The van der Waals surface area contributed by atoms with Gasteiger partial charge in [-0.1, -0.05) is 12.1 Å². The molecule has 8 rings (SSSR count). The Kier molecular flexibility index (Phi) is 10.8. The van der Waals surface area contributed by atoms with Gasteiger partial charge in [-0.05, 0) is 160 Å². The number of nitrogens with two attached hydrogens (primary N) is 1. The summed E-state index contributed by atoms with van der Waals surface area (Å²) < 4.78 is 53.2. The predicted octanol–water partition coefficient (Wildman–Crippen LogP) is 4.23. The lowest BCUT2D eigenvalue weighted by Gasteiger charge is -2.16. The zero-order chi connectivity index (χ0) is 37.0. The van der Waals surface area contributed by atoms with Crippen molar-refractivity contribution in [3.63, 3.8) is 0 Å². The van der Waals surface area contributed by atoms with Gasteiger partial charge in [0.25, 0.3) is 26.3 Å². The van der Waals surface area contributed by atoms with E-state index < -0.39 is 26.1 Å². The van der Waals surface area contributed by atoms with Crippen LogP contribution >= 0.6 is 0 Å². The first kappa shape index (κ1) is 36.8. The molecule has 0 atom stereocenters. The summed E-state index contributed by atoms with van der Waals surface area (Å²) in [6.45, 7) is 3.42. The quantitative estimate of drug-likeness (QED) is 0.246. The molecule has 14 nitrogen and oxygen atoms in total. The largest absolute Gasteiger partial charge is 0.387 e. The number of rotatable bonds is 5. The molecular formula is C36H40N8O6S2. The van der Waals surface area contributed by atoms with Crippen LogP contribution in [0, 0.1) is 25.4 Å². The number of sulfonamides is 2. The summed E-state index contributed by atoms with van der Waals surface area (Å²) in [6.07, 6.45) is 14.7. The number of aryl methyl sites for hydroxylation is 6. The Hall–Kier alpha value is -4.98. The molecule has 0 unspecified atom stereocenters. The number of nitrogens with zero attached hydrogens (tertiary/aromatic N) is 5. The first-order valence-corrected chi connectivity index (χ1v) is 20.2. The Labute approximate surface area is 303 Å². The molecule has 52 heavy (non-hydrogen) atoms. The smallest absolute Gasteiger partial charge is 0.333 e. The number of amides is 2. The second-order valence-corrected chi connectivity index (χ2v) is 16.4. The standard InChI is InChI=1S/C18H20N4O3S.C13H13NO.C5H7N3O2S/c1-11-8-9-16(21-20-11)26(24,25)22-18(23)19-17-14-6-2-4-12(14)10-13-5-3-7-15(13)17;14-8-15-13-11-5-1-3-9(11)7-10-4-2-6-12(10)13;1-4-2-3-5(8-7-4)11(6,9)10/h8-10H,2-7H2,1H3,(H2,19,22,23);7H,1-6H2;2-3H,1H3,(H2,6,9,10). The lowest BCUT2D eigenvalue weighted by atomic mass is 9.99. The summed E-state index contributed by atoms with van der Waals surface area (Å²) in [6, 6.07) is 9.56. The van der Waals surface area contributed by atoms with Crippen molar-refractivity contribution in [3.8, 4) is 12.0 Å². The summed E-state index contributed by atoms with van der Waals surface area (Å²) in [4.78, 5) is 12.4. The minimum Gasteiger partial charge on any atom is -0.387 e. The van der Waals surface area contributed by atoms with Gasteiger partial charge in [0.05, 0.1) is 11.4 Å². The van der Waals surface area contributed by atoms with Crippen molar-refractivity contribution < 1.29 is 26.4 Å². The SMILES string of the molecule is Cc1ccc(S(=O)(=O)NC(=O)Nc2c3c(cc4c2CCC4)CCC3)nn1.Cc1ccc(S(N)(=O)=O)nn1.N#COc1c2c(cc3c1CCC3)CCC2. The molecule has 0 aliphatic heterocycles. The van der Waals surface area contributed by atoms with E-state index in [1.807, 2.05) is 11.0 Å². The van der Waals surface area contributed by atoms with Crippen molar-refractivity contribution in [2.75, 3.05) is 5.32 Å². The Bertz CT molecular complexity index is 2210. The molecule has 0 saturated heterocycles. The average molecular weight is 745 g/mol. The minimum atomic E-state index is -4.06. The number of aromatic nitrogens is 4. The summed E-state index contributed by atoms with van der Waals surface area (Å²) in [5, 5.41) is 30.1. The highest BCUT2D eigenvalue weighted by Crippen LogP contribution is 2.40. The van der Waals surface area contributed by atoms with Gasteiger partial charge in [0, 0.05) is 5.69 Å². The highest BCUT2D eigenvalue weighted by atomic mass is 32.2. The number of carbonyl (C=O) groups is 1. The molecule has 0 spiro atoms. The Morgan fingerprint density at radius 2 is 1.13 bits per heavy atom. The summed E-state index contributed by atoms with van der Waals surface area (Å²) in [7, 11) is -7.75. The minimum absolute atomic E-state index is 0.205. The topological polar surface area (TPSA) is 220 Å². The van der Waals surface area contributed by atoms with E-state index in [-0.39, 0.29) is 10.1 Å². The van der Waals surface area contributed by atoms with Crippen molar-refractivity contribution >= 4 is 31.8 Å². The maximum absolute atomic E-state index is 12.4. The number of ether oxygens (including phenoxy) is 1. The molecule has 4 aliphatic carbocycles. The Balaban J connectivity index is 0.000000150. The number of anilines is 1. The number of benzene rings is 2. The lowest BCUT2D eigenvalue weighted by Crippen LogP contribution is -2.35. The lowest BCUT2D eigenvalue weighted by molar-refractivity contribution is 0.256. The van der Waals surface area contributed by atoms with Crippen molar-refractivity contribution in [1.29, 1.82) is 5.26 Å². The maximum atomic E-state index is 12.4. The molecule has 2 heterocycles. The number of primary sulfonamides is 1. The van der Waals surface area contributed by atoms with Gasteiger partial charge in [0.2, 0.25) is 0 Å². The van der Waals surface area contributed by atoms with E-state index in [0.29, 0.717) is 11.4 Å². The van der Waals surface area contributed by atoms with E-state index in [1.54, 1.807) is 13.8 Å². The molecule has 272 valence electrons. The number of hydrogen-bond acceptors (Lipinski definition) is 11. The number of carbonyl (C=O) groups excluding carboxylic acids is 1. The molecule has 0 saturated carbocycles. The van der Waals surface area contributed by atoms with E-state index in [2.05, 4.69) is 37.8 Å². The number of nitriles is 1. The van der Waals surface area contributed by atoms with Crippen molar-refractivity contribution in [3.05, 3.63) is 92.3 Å². The van der Waals surface area contributed by atoms with Gasteiger partial charge in [0.15, 0.2) is 10.1 Å². The average Bonchev–Trinajstić information content (AvgIpc) is 3.93. The van der Waals surface area contributed by atoms with E-state index in [4.69, 9.17) is 15.1 Å². The third kappa shape index (κ3) is 8.22. The second kappa shape index (κ2) is 15.3. The Morgan fingerprint density at radius 1 is 0.692 bits per heavy atom. The highest BCUT2D eigenvalue weighted by Gasteiger charge is 2.27. The fourth-order valence-corrected chi connectivity index (χ4v) is 8.49. The van der Waals surface area contributed by atoms with Crippen LogP contribution < -0.4 is 19.9 Å². The zero-order valence-electron chi connectivity index (χ0n) is 29.0. The summed E-state index contributed by atoms with van der Waals surface area (Å²) >= 11 is 0. The number of fused-ring (bicyclic) bond motifs is 4. The third-order valence-corrected chi connectivity index (χ3v) is 11.6. The number of urea groups is 1. The van der Waals surface area contributed by atoms with Crippen LogP contribution in [0.4, 0.5) is 10.5 Å². The van der Waals surface area contributed by atoms with E-state index >= 15 is 0 Å². The Morgan fingerprint density at radius 3 is 1.56 bits per heavy atom. The normalized spacial score (nSPS) is 15.0. The van der Waals surface area contributed by atoms with Crippen LogP contribution in [0.1, 0.15) is 81.6 Å². The molecule has 2 aromatic carbocycles. The zero-order valence-corrected chi connectivity index (χ0v) is 30.7. The van der Waals surface area contributed by atoms with Gasteiger partial charge >= 0.3 is 6.03 Å². The van der Waals surface area contributed by atoms with Gasteiger partial charge in [-0.2, -0.15) is 18.6 Å². The van der Waals surface area contributed by atoms with Crippen LogP contribution in [-0.4, -0.2) is 43.3 Å². The second-order valence-electron chi connectivity index (χ2n) is 13.2. The molecule has 4 aromatic rings. The van der Waals surface area contributed by atoms with E-state index in [9.17, 15) is 21.6 Å². The molecule has 0 fully saturated rings. The maximum Gasteiger partial charge on any atom is 0.333 e. The first-order chi connectivity index (χ1) is 24.8. The van der Waals surface area contributed by atoms with Crippen LogP contribution in [-0.2, 0) is 71.4 Å². The van der Waals surface area contributed by atoms with Gasteiger partial charge in [0.1, 0.15) is 5.75 Å².